The number of nitriles is 1. The number of hydrogen-bond donors (Lipinski definition) is 1. The lowest BCUT2D eigenvalue weighted by molar-refractivity contribution is -0.129. The Hall–Kier alpha value is -0.630. The first-order valence-electron chi connectivity index (χ1n) is 5.61. The number of hydrogen-bond acceptors (Lipinski definition) is 4. The van der Waals surface area contributed by atoms with Crippen molar-refractivity contribution >= 4 is 0 Å². The molecule has 1 N–H and O–H groups in total. The van der Waals surface area contributed by atoms with E-state index in [9.17, 15) is 0 Å². The van der Waals surface area contributed by atoms with Crippen LogP contribution in [0.5, 0.6) is 0 Å². The van der Waals surface area contributed by atoms with E-state index >= 15 is 0 Å². The Morgan fingerprint density at radius 3 is 2.67 bits per heavy atom. The van der Waals surface area contributed by atoms with Crippen molar-refractivity contribution in [3.05, 3.63) is 0 Å². The third kappa shape index (κ3) is 4.17. The summed E-state index contributed by atoms with van der Waals surface area (Å²) in [6.07, 6.45) is 3.21. The molecule has 1 aliphatic rings. The van der Waals surface area contributed by atoms with Crippen molar-refractivity contribution in [2.75, 3.05) is 20.2 Å². The Kier molecular flexibility index (Phi) is 4.52. The van der Waals surface area contributed by atoms with Gasteiger partial charge < -0.3 is 4.84 Å². The number of nitrogens with one attached hydrogen (secondary N) is 1. The summed E-state index contributed by atoms with van der Waals surface area (Å²) in [6.45, 7) is 5.65. The molecule has 0 amide bonds. The molecule has 0 spiro atoms. The fourth-order valence-electron chi connectivity index (χ4n) is 1.57. The van der Waals surface area contributed by atoms with Gasteiger partial charge in [0.05, 0.1) is 13.2 Å². The van der Waals surface area contributed by atoms with Gasteiger partial charge in [-0.2, -0.15) is 10.3 Å². The van der Waals surface area contributed by atoms with Crippen LogP contribution in [0.2, 0.25) is 0 Å². The van der Waals surface area contributed by atoms with Gasteiger partial charge >= 0.3 is 0 Å². The van der Waals surface area contributed by atoms with Crippen LogP contribution in [0.15, 0.2) is 0 Å². The molecule has 1 unspecified atom stereocenters. The molecule has 86 valence electrons. The third-order valence-electron chi connectivity index (χ3n) is 2.82. The average molecular weight is 211 g/mol. The molecule has 1 fully saturated rings. The largest absolute Gasteiger partial charge is 0.302 e. The highest BCUT2D eigenvalue weighted by atomic mass is 16.7. The maximum absolute atomic E-state index is 9.15. The zero-order chi connectivity index (χ0) is 11.3. The van der Waals surface area contributed by atoms with Gasteiger partial charge in [0.2, 0.25) is 0 Å². The van der Waals surface area contributed by atoms with Crippen molar-refractivity contribution in [1.29, 1.82) is 5.26 Å². The van der Waals surface area contributed by atoms with Gasteiger partial charge in [-0.1, -0.05) is 6.92 Å². The molecular formula is C11H21N3O. The van der Waals surface area contributed by atoms with Crippen molar-refractivity contribution < 1.29 is 4.84 Å². The first kappa shape index (κ1) is 12.4. The second-order valence-corrected chi connectivity index (χ2v) is 4.32. The Morgan fingerprint density at radius 2 is 2.27 bits per heavy atom. The van der Waals surface area contributed by atoms with E-state index in [4.69, 9.17) is 10.1 Å². The van der Waals surface area contributed by atoms with Crippen molar-refractivity contribution in [3.63, 3.8) is 0 Å². The summed E-state index contributed by atoms with van der Waals surface area (Å²) in [5.41, 5.74) is -0.410. The van der Waals surface area contributed by atoms with Crippen LogP contribution >= 0.6 is 0 Å². The highest BCUT2D eigenvalue weighted by molar-refractivity contribution is 5.07. The van der Waals surface area contributed by atoms with Gasteiger partial charge in [-0.05, 0) is 26.2 Å². The van der Waals surface area contributed by atoms with Crippen LogP contribution < -0.4 is 5.32 Å². The van der Waals surface area contributed by atoms with Crippen molar-refractivity contribution in [3.8, 4) is 6.07 Å². The fraction of sp³-hybridized carbons (Fsp3) is 0.909. The van der Waals surface area contributed by atoms with E-state index in [0.717, 1.165) is 19.5 Å². The van der Waals surface area contributed by atoms with Crippen LogP contribution in [-0.4, -0.2) is 36.8 Å². The minimum Gasteiger partial charge on any atom is -0.302 e. The van der Waals surface area contributed by atoms with Crippen LogP contribution in [0, 0.1) is 11.3 Å². The van der Waals surface area contributed by atoms with Gasteiger partial charge in [-0.15, -0.1) is 0 Å². The molecule has 0 aromatic rings. The molecule has 1 aliphatic carbocycles. The maximum Gasteiger partial charge on any atom is 0.105 e. The van der Waals surface area contributed by atoms with E-state index in [-0.39, 0.29) is 0 Å². The third-order valence-corrected chi connectivity index (χ3v) is 2.82. The zero-order valence-electron chi connectivity index (χ0n) is 9.92. The molecule has 0 aliphatic heterocycles. The molecule has 4 nitrogen and oxygen atoms in total. The Morgan fingerprint density at radius 1 is 1.60 bits per heavy atom. The lowest BCUT2D eigenvalue weighted by atomic mass is 9.99. The smallest absolute Gasteiger partial charge is 0.105 e. The van der Waals surface area contributed by atoms with Crippen molar-refractivity contribution in [2.24, 2.45) is 0 Å². The van der Waals surface area contributed by atoms with Crippen molar-refractivity contribution in [2.45, 2.75) is 44.7 Å². The lowest BCUT2D eigenvalue weighted by Crippen LogP contribution is -2.44. The number of nitrogens with zero attached hydrogens (tertiary/aromatic N) is 2. The summed E-state index contributed by atoms with van der Waals surface area (Å²) in [4.78, 5) is 5.16. The standard InChI is InChI=1S/C11H21N3O/c1-4-14(15-3)8-7-11(2,9-12)13-10-5-6-10/h10,13H,4-8H2,1-3H3. The topological polar surface area (TPSA) is 48.3 Å². The molecule has 0 aromatic heterocycles. The summed E-state index contributed by atoms with van der Waals surface area (Å²) in [5.74, 6) is 0. The van der Waals surface area contributed by atoms with Crippen molar-refractivity contribution in [1.82, 2.24) is 10.4 Å². The monoisotopic (exact) mass is 211 g/mol. The van der Waals surface area contributed by atoms with Gasteiger partial charge in [0.15, 0.2) is 0 Å². The van der Waals surface area contributed by atoms with E-state index in [0.29, 0.717) is 6.04 Å². The number of rotatable bonds is 7. The summed E-state index contributed by atoms with van der Waals surface area (Å²) >= 11 is 0. The van der Waals surface area contributed by atoms with Crippen LogP contribution in [-0.2, 0) is 4.84 Å². The molecule has 0 heterocycles. The SMILES string of the molecule is CCN(CCC(C)(C#N)NC1CC1)OC. The molecular weight excluding hydrogens is 190 g/mol. The summed E-state index contributed by atoms with van der Waals surface area (Å²) in [5, 5.41) is 14.4. The van der Waals surface area contributed by atoms with Gasteiger partial charge in [-0.3, -0.25) is 5.32 Å². The molecule has 1 atom stereocenters. The summed E-state index contributed by atoms with van der Waals surface area (Å²) in [7, 11) is 1.67. The van der Waals surface area contributed by atoms with E-state index in [1.165, 1.54) is 12.8 Å². The Labute approximate surface area is 92.2 Å². The van der Waals surface area contributed by atoms with Crippen LogP contribution in [0.1, 0.15) is 33.1 Å². The summed E-state index contributed by atoms with van der Waals surface area (Å²) in [6, 6.07) is 2.92. The minimum atomic E-state index is -0.410. The first-order valence-corrected chi connectivity index (χ1v) is 5.61. The Balaban J connectivity index is 2.34. The van der Waals surface area contributed by atoms with Gasteiger partial charge in [0.1, 0.15) is 5.54 Å². The van der Waals surface area contributed by atoms with Crippen LogP contribution in [0.3, 0.4) is 0 Å². The first-order chi connectivity index (χ1) is 7.13. The molecule has 0 bridgehead atoms. The molecule has 0 aromatic carbocycles. The van der Waals surface area contributed by atoms with Crippen LogP contribution in [0.25, 0.3) is 0 Å². The molecule has 4 heteroatoms. The quantitative estimate of drug-likeness (QED) is 0.645. The van der Waals surface area contributed by atoms with Gasteiger partial charge in [0, 0.05) is 19.1 Å². The predicted molar refractivity (Wildman–Crippen MR) is 59.0 cm³/mol. The van der Waals surface area contributed by atoms with E-state index in [1.54, 1.807) is 7.11 Å². The lowest BCUT2D eigenvalue weighted by Gasteiger charge is -2.26. The molecule has 0 radical (unpaired) electrons. The van der Waals surface area contributed by atoms with Gasteiger partial charge in [-0.25, -0.2) is 0 Å². The maximum atomic E-state index is 9.15. The molecule has 0 saturated heterocycles. The van der Waals surface area contributed by atoms with E-state index in [1.807, 2.05) is 18.9 Å². The van der Waals surface area contributed by atoms with E-state index in [2.05, 4.69) is 11.4 Å². The van der Waals surface area contributed by atoms with E-state index < -0.39 is 5.54 Å². The molecule has 15 heavy (non-hydrogen) atoms. The molecule has 1 saturated carbocycles. The second-order valence-electron chi connectivity index (χ2n) is 4.32. The number of hydroxylamine groups is 2. The summed E-state index contributed by atoms with van der Waals surface area (Å²) < 4.78 is 0. The molecule has 1 rings (SSSR count). The fourth-order valence-corrected chi connectivity index (χ4v) is 1.57. The predicted octanol–water partition coefficient (Wildman–Crippen LogP) is 1.29. The average Bonchev–Trinajstić information content (AvgIpc) is 3.03. The normalized spacial score (nSPS) is 19.9. The van der Waals surface area contributed by atoms with Gasteiger partial charge in [0.25, 0.3) is 0 Å². The minimum absolute atomic E-state index is 0.410. The second kappa shape index (κ2) is 5.45. The highest BCUT2D eigenvalue weighted by Crippen LogP contribution is 2.23. The Bertz CT molecular complexity index is 230. The highest BCUT2D eigenvalue weighted by Gasteiger charge is 2.32. The zero-order valence-corrected chi connectivity index (χ0v) is 9.92. The van der Waals surface area contributed by atoms with Crippen LogP contribution in [0.4, 0.5) is 0 Å².